The van der Waals surface area contributed by atoms with E-state index in [0.29, 0.717) is 12.3 Å². The summed E-state index contributed by atoms with van der Waals surface area (Å²) in [7, 11) is 0. The average molecular weight is 240 g/mol. The summed E-state index contributed by atoms with van der Waals surface area (Å²) in [6, 6.07) is 14.1. The fraction of sp³-hybridized carbons (Fsp3) is 0.267. The smallest absolute Gasteiger partial charge is 0.224 e. The topological polar surface area (TPSA) is 41.1 Å². The van der Waals surface area contributed by atoms with Crippen molar-refractivity contribution in [3.8, 4) is 0 Å². The van der Waals surface area contributed by atoms with Gasteiger partial charge in [-0.15, -0.1) is 0 Å². The predicted molar refractivity (Wildman–Crippen MR) is 73.6 cm³/mol. The zero-order valence-corrected chi connectivity index (χ0v) is 10.1. The van der Waals surface area contributed by atoms with E-state index in [-0.39, 0.29) is 5.91 Å². The molecule has 1 fully saturated rings. The minimum absolute atomic E-state index is 0.109. The highest BCUT2D eigenvalue weighted by molar-refractivity contribution is 6.02. The zero-order valence-electron chi connectivity index (χ0n) is 10.1. The van der Waals surface area contributed by atoms with Crippen LogP contribution >= 0.6 is 0 Å². The molecule has 3 rings (SSSR count). The molecular weight excluding hydrogens is 224 g/mol. The van der Waals surface area contributed by atoms with Crippen LogP contribution in [0.15, 0.2) is 42.5 Å². The predicted octanol–water partition coefficient (Wildman–Crippen LogP) is 2.39. The van der Waals surface area contributed by atoms with Crippen LogP contribution in [0.4, 0.5) is 5.69 Å². The van der Waals surface area contributed by atoms with Gasteiger partial charge in [-0.1, -0.05) is 36.4 Å². The molecule has 1 heterocycles. The monoisotopic (exact) mass is 240 g/mol. The first-order valence-electron chi connectivity index (χ1n) is 6.31. The Morgan fingerprint density at radius 1 is 1.17 bits per heavy atom. The Hall–Kier alpha value is -1.87. The van der Waals surface area contributed by atoms with Crippen LogP contribution in [0.2, 0.25) is 0 Å². The summed E-state index contributed by atoms with van der Waals surface area (Å²) in [5.74, 6) is 0.609. The highest BCUT2D eigenvalue weighted by Gasteiger charge is 2.20. The van der Waals surface area contributed by atoms with Crippen molar-refractivity contribution >= 4 is 22.4 Å². The molecular formula is C15H16N2O. The maximum Gasteiger partial charge on any atom is 0.224 e. The largest absolute Gasteiger partial charge is 0.326 e. The quantitative estimate of drug-likeness (QED) is 0.865. The minimum atomic E-state index is 0.109. The van der Waals surface area contributed by atoms with Gasteiger partial charge in [-0.05, 0) is 30.5 Å². The first-order valence-corrected chi connectivity index (χ1v) is 6.31. The molecule has 1 aliphatic rings. The summed E-state index contributed by atoms with van der Waals surface area (Å²) in [5, 5.41) is 8.45. The molecule has 0 saturated carbocycles. The molecule has 2 aromatic rings. The second-order valence-electron chi connectivity index (χ2n) is 4.80. The molecule has 0 aromatic heterocycles. The van der Waals surface area contributed by atoms with E-state index in [2.05, 4.69) is 22.8 Å². The van der Waals surface area contributed by atoms with E-state index in [1.165, 1.54) is 0 Å². The van der Waals surface area contributed by atoms with Gasteiger partial charge in [0.15, 0.2) is 0 Å². The molecule has 3 nitrogen and oxygen atoms in total. The van der Waals surface area contributed by atoms with E-state index in [1.807, 2.05) is 30.3 Å². The van der Waals surface area contributed by atoms with Gasteiger partial charge in [-0.3, -0.25) is 4.79 Å². The number of carbonyl (C=O) groups excluding carboxylic acids is 1. The number of carbonyl (C=O) groups is 1. The van der Waals surface area contributed by atoms with Crippen LogP contribution in [-0.2, 0) is 4.79 Å². The van der Waals surface area contributed by atoms with Gasteiger partial charge >= 0.3 is 0 Å². The van der Waals surface area contributed by atoms with Crippen molar-refractivity contribution in [1.29, 1.82) is 0 Å². The Balaban J connectivity index is 1.79. The molecule has 0 atom stereocenters. The second-order valence-corrected chi connectivity index (χ2v) is 4.80. The molecule has 3 heteroatoms. The van der Waals surface area contributed by atoms with Gasteiger partial charge in [0.05, 0.1) is 0 Å². The van der Waals surface area contributed by atoms with E-state index in [1.54, 1.807) is 0 Å². The Bertz CT molecular complexity index is 570. The third-order valence-corrected chi connectivity index (χ3v) is 3.40. The molecule has 18 heavy (non-hydrogen) atoms. The number of benzene rings is 2. The van der Waals surface area contributed by atoms with Crippen molar-refractivity contribution in [3.05, 3.63) is 42.5 Å². The van der Waals surface area contributed by atoms with E-state index in [9.17, 15) is 4.79 Å². The molecule has 1 amide bonds. The third-order valence-electron chi connectivity index (χ3n) is 3.40. The van der Waals surface area contributed by atoms with Gasteiger partial charge in [0, 0.05) is 17.5 Å². The van der Waals surface area contributed by atoms with Crippen LogP contribution < -0.4 is 10.6 Å². The van der Waals surface area contributed by atoms with Crippen LogP contribution in [0.1, 0.15) is 6.42 Å². The van der Waals surface area contributed by atoms with Crippen LogP contribution in [0, 0.1) is 5.92 Å². The minimum Gasteiger partial charge on any atom is -0.326 e. The van der Waals surface area contributed by atoms with Crippen LogP contribution in [0.5, 0.6) is 0 Å². The van der Waals surface area contributed by atoms with Crippen molar-refractivity contribution < 1.29 is 4.79 Å². The first-order chi connectivity index (χ1) is 8.83. The van der Waals surface area contributed by atoms with E-state index >= 15 is 0 Å². The van der Waals surface area contributed by atoms with Gasteiger partial charge in [-0.2, -0.15) is 0 Å². The van der Waals surface area contributed by atoms with E-state index < -0.39 is 0 Å². The SMILES string of the molecule is O=C(CC1CNC1)Nc1cccc2ccccc12. The van der Waals surface area contributed by atoms with Gasteiger partial charge in [-0.25, -0.2) is 0 Å². The van der Waals surface area contributed by atoms with Crippen LogP contribution in [0.25, 0.3) is 10.8 Å². The number of hydrogen-bond donors (Lipinski definition) is 2. The molecule has 0 spiro atoms. The van der Waals surface area contributed by atoms with E-state index in [0.717, 1.165) is 29.5 Å². The van der Waals surface area contributed by atoms with Gasteiger partial charge in [0.2, 0.25) is 5.91 Å². The molecule has 0 unspecified atom stereocenters. The maximum atomic E-state index is 11.9. The summed E-state index contributed by atoms with van der Waals surface area (Å²) >= 11 is 0. The maximum absolute atomic E-state index is 11.9. The number of fused-ring (bicyclic) bond motifs is 1. The molecule has 92 valence electrons. The Morgan fingerprint density at radius 3 is 2.72 bits per heavy atom. The van der Waals surface area contributed by atoms with Gasteiger partial charge < -0.3 is 10.6 Å². The van der Waals surface area contributed by atoms with Crippen molar-refractivity contribution in [3.63, 3.8) is 0 Å². The lowest BCUT2D eigenvalue weighted by Crippen LogP contribution is -2.43. The van der Waals surface area contributed by atoms with Crippen molar-refractivity contribution in [1.82, 2.24) is 5.32 Å². The molecule has 1 aliphatic heterocycles. The summed E-state index contributed by atoms with van der Waals surface area (Å²) in [5.41, 5.74) is 0.908. The standard InChI is InChI=1S/C15H16N2O/c18-15(8-11-9-16-10-11)17-14-7-3-5-12-4-1-2-6-13(12)14/h1-7,11,16H,8-10H2,(H,17,18). The van der Waals surface area contributed by atoms with Crippen molar-refractivity contribution in [2.24, 2.45) is 5.92 Å². The van der Waals surface area contributed by atoms with Crippen molar-refractivity contribution in [2.75, 3.05) is 18.4 Å². The normalized spacial score (nSPS) is 15.3. The van der Waals surface area contributed by atoms with Gasteiger partial charge in [0.1, 0.15) is 0 Å². The molecule has 0 aliphatic carbocycles. The fourth-order valence-corrected chi connectivity index (χ4v) is 2.29. The Kier molecular flexibility index (Phi) is 2.99. The highest BCUT2D eigenvalue weighted by Crippen LogP contribution is 2.23. The number of hydrogen-bond acceptors (Lipinski definition) is 2. The molecule has 1 saturated heterocycles. The Morgan fingerprint density at radius 2 is 1.94 bits per heavy atom. The van der Waals surface area contributed by atoms with E-state index in [4.69, 9.17) is 0 Å². The summed E-state index contributed by atoms with van der Waals surface area (Å²) in [6.07, 6.45) is 0.607. The lowest BCUT2D eigenvalue weighted by molar-refractivity contribution is -0.117. The first kappa shape index (κ1) is 11.2. The lowest BCUT2D eigenvalue weighted by atomic mass is 9.99. The summed E-state index contributed by atoms with van der Waals surface area (Å²) in [4.78, 5) is 11.9. The summed E-state index contributed by atoms with van der Waals surface area (Å²) < 4.78 is 0. The molecule has 0 radical (unpaired) electrons. The molecule has 2 aromatic carbocycles. The number of rotatable bonds is 3. The fourth-order valence-electron chi connectivity index (χ4n) is 2.29. The Labute approximate surface area is 106 Å². The van der Waals surface area contributed by atoms with Gasteiger partial charge in [0.25, 0.3) is 0 Å². The molecule has 0 bridgehead atoms. The zero-order chi connectivity index (χ0) is 12.4. The second kappa shape index (κ2) is 4.78. The average Bonchev–Trinajstić information content (AvgIpc) is 2.34. The van der Waals surface area contributed by atoms with Crippen molar-refractivity contribution in [2.45, 2.75) is 6.42 Å². The number of anilines is 1. The van der Waals surface area contributed by atoms with Crippen LogP contribution in [-0.4, -0.2) is 19.0 Å². The number of nitrogens with one attached hydrogen (secondary N) is 2. The lowest BCUT2D eigenvalue weighted by Gasteiger charge is -2.26. The van der Waals surface area contributed by atoms with Crippen LogP contribution in [0.3, 0.4) is 0 Å². The third kappa shape index (κ3) is 2.22. The highest BCUT2D eigenvalue weighted by atomic mass is 16.1. The summed E-state index contributed by atoms with van der Waals surface area (Å²) in [6.45, 7) is 1.92. The molecule has 2 N–H and O–H groups in total. The number of amides is 1.